The fourth-order valence-corrected chi connectivity index (χ4v) is 5.05. The van der Waals surface area contributed by atoms with Gasteiger partial charge in [0.15, 0.2) is 0 Å². The number of carboxylic acids is 1. The van der Waals surface area contributed by atoms with Crippen LogP contribution in [0.4, 0.5) is 13.2 Å². The highest BCUT2D eigenvalue weighted by Crippen LogP contribution is 2.40. The van der Waals surface area contributed by atoms with E-state index in [9.17, 15) is 23.1 Å². The van der Waals surface area contributed by atoms with Crippen LogP contribution in [0, 0.1) is 12.8 Å². The third kappa shape index (κ3) is 5.00. The second-order valence-electron chi connectivity index (χ2n) is 8.78. The fraction of sp³-hybridized carbons (Fsp3) is 0.400. The normalized spacial score (nSPS) is 19.7. The molecule has 1 aromatic heterocycles. The van der Waals surface area contributed by atoms with Crippen LogP contribution in [0.5, 0.6) is 5.75 Å². The number of hydrogen-bond acceptors (Lipinski definition) is 3. The van der Waals surface area contributed by atoms with Gasteiger partial charge in [-0.1, -0.05) is 12.1 Å². The van der Waals surface area contributed by atoms with Gasteiger partial charge in [0.2, 0.25) is 0 Å². The summed E-state index contributed by atoms with van der Waals surface area (Å²) < 4.78 is 45.0. The molecular formula is C25H27F3N2O3. The summed E-state index contributed by atoms with van der Waals surface area (Å²) in [5, 5.41) is 10.3. The Morgan fingerprint density at radius 2 is 1.97 bits per heavy atom. The van der Waals surface area contributed by atoms with Crippen LogP contribution < -0.4 is 4.74 Å². The maximum Gasteiger partial charge on any atom is 0.401 e. The Kier molecular flexibility index (Phi) is 6.38. The second kappa shape index (κ2) is 9.09. The number of rotatable bonds is 6. The first-order chi connectivity index (χ1) is 15.7. The predicted octanol–water partition coefficient (Wildman–Crippen LogP) is 5.39. The van der Waals surface area contributed by atoms with E-state index < -0.39 is 18.7 Å². The van der Waals surface area contributed by atoms with Gasteiger partial charge in [0.25, 0.3) is 0 Å². The van der Waals surface area contributed by atoms with Gasteiger partial charge in [-0.15, -0.1) is 0 Å². The van der Waals surface area contributed by atoms with Crippen molar-refractivity contribution in [1.82, 2.24) is 9.88 Å². The zero-order valence-electron chi connectivity index (χ0n) is 18.6. The van der Waals surface area contributed by atoms with Gasteiger partial charge < -0.3 is 14.8 Å². The molecule has 2 N–H and O–H groups in total. The molecule has 2 atom stereocenters. The zero-order chi connectivity index (χ0) is 23.8. The van der Waals surface area contributed by atoms with Crippen LogP contribution in [0.25, 0.3) is 10.9 Å². The van der Waals surface area contributed by atoms with Crippen LogP contribution in [0.15, 0.2) is 42.6 Å². The van der Waals surface area contributed by atoms with Crippen molar-refractivity contribution in [2.45, 2.75) is 31.9 Å². The van der Waals surface area contributed by atoms with E-state index in [1.54, 1.807) is 19.2 Å². The highest BCUT2D eigenvalue weighted by Gasteiger charge is 2.37. The molecule has 3 aromatic rings. The van der Waals surface area contributed by atoms with Gasteiger partial charge in [-0.2, -0.15) is 13.2 Å². The Balaban J connectivity index is 1.68. The molecular weight excluding hydrogens is 433 g/mol. The van der Waals surface area contributed by atoms with E-state index >= 15 is 0 Å². The van der Waals surface area contributed by atoms with Crippen LogP contribution >= 0.6 is 0 Å². The lowest BCUT2D eigenvalue weighted by Crippen LogP contribution is -2.44. The van der Waals surface area contributed by atoms with Crippen molar-refractivity contribution in [2.24, 2.45) is 5.92 Å². The lowest BCUT2D eigenvalue weighted by atomic mass is 9.76. The standard InChI is InChI=1S/C25H27F3N2O3/c1-15-11-22(33-2)20(19-7-9-29-23(15)19)12-18-8-10-30(14-25(26,27)28)13-21(18)16-3-5-17(6-4-16)24(31)32/h3-7,9,11,18,21,29H,8,10,12-14H2,1-2H3,(H,31,32)/t18-,21-/m0/s1. The summed E-state index contributed by atoms with van der Waals surface area (Å²) >= 11 is 0. The molecule has 1 fully saturated rings. The number of ether oxygens (including phenoxy) is 1. The minimum absolute atomic E-state index is 0.0832. The Bertz CT molecular complexity index is 1140. The number of halogens is 3. The van der Waals surface area contributed by atoms with Crippen LogP contribution in [-0.2, 0) is 6.42 Å². The summed E-state index contributed by atoms with van der Waals surface area (Å²) in [4.78, 5) is 16.0. The molecule has 33 heavy (non-hydrogen) atoms. The molecule has 0 unspecified atom stereocenters. The van der Waals surface area contributed by atoms with Gasteiger partial charge >= 0.3 is 12.1 Å². The average molecular weight is 460 g/mol. The third-order valence-corrected chi connectivity index (χ3v) is 6.63. The molecule has 1 aliphatic heterocycles. The fourth-order valence-electron chi connectivity index (χ4n) is 5.05. The summed E-state index contributed by atoms with van der Waals surface area (Å²) in [6.07, 6.45) is -1.12. The number of alkyl halides is 3. The van der Waals surface area contributed by atoms with Crippen molar-refractivity contribution in [3.8, 4) is 5.75 Å². The number of methoxy groups -OCH3 is 1. The lowest BCUT2D eigenvalue weighted by molar-refractivity contribution is -0.149. The number of aryl methyl sites for hydroxylation is 1. The quantitative estimate of drug-likeness (QED) is 0.518. The second-order valence-corrected chi connectivity index (χ2v) is 8.78. The summed E-state index contributed by atoms with van der Waals surface area (Å²) in [6.45, 7) is 1.69. The highest BCUT2D eigenvalue weighted by atomic mass is 19.4. The number of H-pyrrole nitrogens is 1. The smallest absolute Gasteiger partial charge is 0.401 e. The number of fused-ring (bicyclic) bond motifs is 1. The Morgan fingerprint density at radius 1 is 1.24 bits per heavy atom. The number of likely N-dealkylation sites (tertiary alicyclic amines) is 1. The van der Waals surface area contributed by atoms with Crippen molar-refractivity contribution in [3.63, 3.8) is 0 Å². The molecule has 0 saturated carbocycles. The summed E-state index contributed by atoms with van der Waals surface area (Å²) in [5.41, 5.74) is 4.15. The summed E-state index contributed by atoms with van der Waals surface area (Å²) in [7, 11) is 1.63. The van der Waals surface area contributed by atoms with Gasteiger partial charge in [0.1, 0.15) is 5.75 Å². The van der Waals surface area contributed by atoms with Crippen molar-refractivity contribution in [3.05, 3.63) is 64.8 Å². The number of aromatic nitrogens is 1. The highest BCUT2D eigenvalue weighted by molar-refractivity contribution is 5.88. The number of carboxylic acid groups (broad SMARTS) is 1. The molecule has 0 bridgehead atoms. The maximum absolute atomic E-state index is 13.1. The van der Waals surface area contributed by atoms with E-state index in [4.69, 9.17) is 4.74 Å². The van der Waals surface area contributed by atoms with E-state index in [2.05, 4.69) is 4.98 Å². The van der Waals surface area contributed by atoms with Crippen LogP contribution in [-0.4, -0.2) is 53.9 Å². The van der Waals surface area contributed by atoms with E-state index in [0.29, 0.717) is 19.4 Å². The van der Waals surface area contributed by atoms with Crippen molar-refractivity contribution in [1.29, 1.82) is 0 Å². The number of piperidine rings is 1. The summed E-state index contributed by atoms with van der Waals surface area (Å²) in [5.74, 6) is -0.333. The van der Waals surface area contributed by atoms with Crippen molar-refractivity contribution < 1.29 is 27.8 Å². The number of carbonyl (C=O) groups is 1. The molecule has 0 radical (unpaired) electrons. The largest absolute Gasteiger partial charge is 0.496 e. The molecule has 2 heterocycles. The molecule has 1 aliphatic rings. The SMILES string of the molecule is COc1cc(C)c2[nH]ccc2c1C[C@@H]1CCN(CC(F)(F)F)C[C@H]1c1ccc(C(=O)O)cc1. The molecule has 2 aromatic carbocycles. The molecule has 5 nitrogen and oxygen atoms in total. The van der Waals surface area contributed by atoms with E-state index in [1.807, 2.05) is 25.3 Å². The minimum Gasteiger partial charge on any atom is -0.496 e. The first kappa shape index (κ1) is 23.2. The van der Waals surface area contributed by atoms with Crippen LogP contribution in [0.3, 0.4) is 0 Å². The Labute approximate surface area is 190 Å². The number of hydrogen-bond donors (Lipinski definition) is 2. The number of nitrogens with one attached hydrogen (secondary N) is 1. The molecule has 8 heteroatoms. The number of nitrogens with zero attached hydrogens (tertiary/aromatic N) is 1. The maximum atomic E-state index is 13.1. The van der Waals surface area contributed by atoms with Gasteiger partial charge in [0, 0.05) is 29.2 Å². The topological polar surface area (TPSA) is 65.6 Å². The minimum atomic E-state index is -4.26. The molecule has 0 aliphatic carbocycles. The van der Waals surface area contributed by atoms with Crippen LogP contribution in [0.2, 0.25) is 0 Å². The lowest BCUT2D eigenvalue weighted by Gasteiger charge is -2.39. The van der Waals surface area contributed by atoms with Gasteiger partial charge in [-0.25, -0.2) is 4.79 Å². The number of aromatic amines is 1. The molecule has 0 spiro atoms. The van der Waals surface area contributed by atoms with Gasteiger partial charge in [-0.3, -0.25) is 4.90 Å². The molecule has 176 valence electrons. The van der Waals surface area contributed by atoms with Crippen LogP contribution in [0.1, 0.15) is 39.4 Å². The van der Waals surface area contributed by atoms with E-state index in [1.165, 1.54) is 17.0 Å². The first-order valence-electron chi connectivity index (χ1n) is 10.9. The molecule has 1 saturated heterocycles. The average Bonchev–Trinajstić information content (AvgIpc) is 3.26. The van der Waals surface area contributed by atoms with E-state index in [-0.39, 0.29) is 23.9 Å². The van der Waals surface area contributed by atoms with Gasteiger partial charge in [-0.05, 0) is 73.5 Å². The Morgan fingerprint density at radius 3 is 2.61 bits per heavy atom. The van der Waals surface area contributed by atoms with Crippen molar-refractivity contribution >= 4 is 16.9 Å². The molecule has 4 rings (SSSR count). The zero-order valence-corrected chi connectivity index (χ0v) is 18.6. The number of aromatic carboxylic acids is 1. The van der Waals surface area contributed by atoms with Gasteiger partial charge in [0.05, 0.1) is 19.2 Å². The third-order valence-electron chi connectivity index (χ3n) is 6.63. The summed E-state index contributed by atoms with van der Waals surface area (Å²) in [6, 6.07) is 10.5. The number of benzene rings is 2. The predicted molar refractivity (Wildman–Crippen MR) is 120 cm³/mol. The monoisotopic (exact) mass is 460 g/mol. The van der Waals surface area contributed by atoms with E-state index in [0.717, 1.165) is 33.3 Å². The first-order valence-corrected chi connectivity index (χ1v) is 10.9. The van der Waals surface area contributed by atoms with Crippen molar-refractivity contribution in [2.75, 3.05) is 26.7 Å². The Hall–Kier alpha value is -3.00. The molecule has 0 amide bonds.